The van der Waals surface area contributed by atoms with E-state index in [0.717, 1.165) is 0 Å². The molecule has 0 saturated carbocycles. The van der Waals surface area contributed by atoms with Crippen LogP contribution in [0, 0.1) is 10.1 Å². The van der Waals surface area contributed by atoms with Gasteiger partial charge in [-0.1, -0.05) is 19.4 Å². The number of hydrogen-bond donors (Lipinski definition) is 0. The zero-order chi connectivity index (χ0) is 14.7. The van der Waals surface area contributed by atoms with Crippen LogP contribution in [0.15, 0.2) is 29.2 Å². The maximum atomic E-state index is 12.1. The fraction of sp³-hybridized carbons (Fsp3) is 0. The number of non-ortho nitro benzene ring substituents is 1. The van der Waals surface area contributed by atoms with Crippen molar-refractivity contribution in [3.8, 4) is 0 Å². The van der Waals surface area contributed by atoms with Crippen molar-refractivity contribution in [3.05, 3.63) is 34.4 Å². The molecule has 0 unspecified atom stereocenters. The average molecular weight is 395 g/mol. The van der Waals surface area contributed by atoms with E-state index in [2.05, 4.69) is 0 Å². The van der Waals surface area contributed by atoms with Crippen LogP contribution in [-0.2, 0) is 20.8 Å². The molecule has 0 aromatic heterocycles. The van der Waals surface area contributed by atoms with Crippen LogP contribution >= 0.6 is 10.2 Å². The van der Waals surface area contributed by atoms with Crippen LogP contribution in [0.25, 0.3) is 0 Å². The predicted octanol–water partition coefficient (Wildman–Crippen LogP) is 5.09. The molecule has 0 aliphatic rings. The Bertz CT molecular complexity index is 433. The van der Waals surface area contributed by atoms with Crippen LogP contribution in [0.4, 0.5) is 31.2 Å². The Balaban J connectivity index is 0.000000873. The molecule has 0 fully saturated rings. The van der Waals surface area contributed by atoms with Gasteiger partial charge in [0.15, 0.2) is 0 Å². The summed E-state index contributed by atoms with van der Waals surface area (Å²) in [4.78, 5) is 6.95. The minimum atomic E-state index is -9.71. The van der Waals surface area contributed by atoms with Crippen molar-refractivity contribution in [2.45, 2.75) is 4.90 Å². The molecule has 0 atom stereocenters. The van der Waals surface area contributed by atoms with Gasteiger partial charge >= 0.3 is 37.1 Å². The first-order valence-corrected chi connectivity index (χ1v) is 6.69. The van der Waals surface area contributed by atoms with Crippen LogP contribution in [0.2, 0.25) is 0 Å². The van der Waals surface area contributed by atoms with Gasteiger partial charge < -0.3 is 0 Å². The monoisotopic (exact) mass is 394 g/mol. The second kappa shape index (κ2) is 4.72. The Morgan fingerprint density at radius 1 is 1.00 bits per heavy atom. The van der Waals surface area contributed by atoms with Crippen LogP contribution < -0.4 is 0 Å². The first kappa shape index (κ1) is 17.2. The van der Waals surface area contributed by atoms with Crippen molar-refractivity contribution in [1.29, 1.82) is 0 Å². The Kier molecular flexibility index (Phi) is 4.51. The summed E-state index contributed by atoms with van der Waals surface area (Å²) in [7, 11) is -9.71. The number of hydrogen-bond acceptors (Lipinski definition) is 2. The summed E-state index contributed by atoms with van der Waals surface area (Å²) in [5.74, 6) is 0. The molecule has 3 nitrogen and oxygen atoms in total. The number of nitro benzene ring substituents is 1. The van der Waals surface area contributed by atoms with E-state index in [9.17, 15) is 35.6 Å². The van der Waals surface area contributed by atoms with E-state index in [1.165, 1.54) is 0 Å². The molecule has 0 saturated heterocycles. The molecule has 0 aliphatic heterocycles. The molecular formula is C6H4AgF7NO2S. The van der Waals surface area contributed by atoms with E-state index >= 15 is 0 Å². The number of nitrogens with zero attached hydrogens (tertiary/aromatic N) is 1. The van der Waals surface area contributed by atoms with Gasteiger partial charge in [0.05, 0.1) is 4.92 Å². The number of benzene rings is 1. The topological polar surface area (TPSA) is 43.1 Å². The fourth-order valence-electron chi connectivity index (χ4n) is 0.825. The van der Waals surface area contributed by atoms with E-state index < -0.39 is 46.6 Å². The van der Waals surface area contributed by atoms with Crippen LogP contribution in [0.5, 0.6) is 0 Å². The average Bonchev–Trinajstić information content (AvgIpc) is 2.15. The summed E-state index contributed by atoms with van der Waals surface area (Å²) < 4.78 is 79.9. The molecule has 0 aliphatic carbocycles. The zero-order valence-corrected chi connectivity index (χ0v) is 10.2. The molecule has 0 radical (unpaired) electrons. The Morgan fingerprint density at radius 3 is 1.56 bits per heavy atom. The SMILES string of the molecule is O=[N+]([O-])c1ccc(S(F)(F)(F)(F)F)cc1.[F][Ag][F]. The van der Waals surface area contributed by atoms with E-state index in [4.69, 9.17) is 0 Å². The summed E-state index contributed by atoms with van der Waals surface area (Å²) in [5.41, 5.74) is -0.680. The molecular weight excluding hydrogens is 391 g/mol. The van der Waals surface area contributed by atoms with Gasteiger partial charge in [0.1, 0.15) is 4.90 Å². The van der Waals surface area contributed by atoms with Crippen molar-refractivity contribution < 1.29 is 51.2 Å². The molecule has 0 amide bonds. The van der Waals surface area contributed by atoms with Crippen molar-refractivity contribution in [1.82, 2.24) is 0 Å². The molecule has 0 heterocycles. The molecule has 1 aromatic carbocycles. The standard InChI is InChI=1S/C6H4F5NO2S.Ag.2FH/c7-15(8,9,10,11)6-3-1-5(2-4-6)12(13)14;;;/h1-4H;;2*1H/q;+2;;/p-2. The first-order valence-electron chi connectivity index (χ1n) is 3.61. The summed E-state index contributed by atoms with van der Waals surface area (Å²) in [5, 5.41) is 10.1. The van der Waals surface area contributed by atoms with Gasteiger partial charge in [-0.15, -0.1) is 0 Å². The van der Waals surface area contributed by atoms with E-state index in [0.29, 0.717) is 12.1 Å². The Labute approximate surface area is 107 Å². The van der Waals surface area contributed by atoms with Crippen LogP contribution in [0.3, 0.4) is 0 Å². The molecule has 111 valence electrons. The van der Waals surface area contributed by atoms with E-state index in [1.54, 1.807) is 0 Å². The third-order valence-electron chi connectivity index (χ3n) is 1.49. The fourth-order valence-corrected chi connectivity index (χ4v) is 1.48. The van der Waals surface area contributed by atoms with Gasteiger partial charge in [0, 0.05) is 12.1 Å². The molecule has 0 bridgehead atoms. The summed E-state index contributed by atoms with van der Waals surface area (Å²) in [6.45, 7) is 0. The number of halogens is 7. The van der Waals surface area contributed by atoms with Crippen molar-refractivity contribution in [2.24, 2.45) is 0 Å². The number of rotatable bonds is 2. The van der Waals surface area contributed by atoms with Crippen LogP contribution in [0.1, 0.15) is 0 Å². The number of nitro groups is 1. The predicted molar refractivity (Wildman–Crippen MR) is 46.7 cm³/mol. The maximum absolute atomic E-state index is 12.1. The summed E-state index contributed by atoms with van der Waals surface area (Å²) in [6.07, 6.45) is 0. The molecule has 0 spiro atoms. The second-order valence-electron chi connectivity index (χ2n) is 2.76. The molecule has 12 heteroatoms. The quantitative estimate of drug-likeness (QED) is 0.303. The molecule has 1 rings (SSSR count). The summed E-state index contributed by atoms with van der Waals surface area (Å²) in [6, 6.07) is 0.764. The Morgan fingerprint density at radius 2 is 1.33 bits per heavy atom. The summed E-state index contributed by atoms with van der Waals surface area (Å²) >= 11 is -1.93. The van der Waals surface area contributed by atoms with Gasteiger partial charge in [0.2, 0.25) is 0 Å². The van der Waals surface area contributed by atoms with Crippen molar-refractivity contribution >= 4 is 15.9 Å². The Hall–Kier alpha value is -0.780. The third-order valence-corrected chi connectivity index (χ3v) is 2.66. The van der Waals surface area contributed by atoms with E-state index in [1.807, 2.05) is 0 Å². The molecule has 18 heavy (non-hydrogen) atoms. The van der Waals surface area contributed by atoms with Crippen molar-refractivity contribution in [2.75, 3.05) is 0 Å². The third kappa shape index (κ3) is 5.71. The van der Waals surface area contributed by atoms with Gasteiger partial charge in [-0.05, 0) is 12.1 Å². The van der Waals surface area contributed by atoms with Crippen molar-refractivity contribution in [3.63, 3.8) is 0 Å². The van der Waals surface area contributed by atoms with Gasteiger partial charge in [-0.2, -0.15) is 0 Å². The van der Waals surface area contributed by atoms with E-state index in [-0.39, 0.29) is 12.1 Å². The second-order valence-corrected chi connectivity index (χ2v) is 5.38. The normalized spacial score (nSPS) is 15.1. The zero-order valence-electron chi connectivity index (χ0n) is 7.93. The minimum absolute atomic E-state index is 0.000309. The van der Waals surface area contributed by atoms with Gasteiger partial charge in [-0.25, -0.2) is 0 Å². The van der Waals surface area contributed by atoms with Crippen LogP contribution in [-0.4, -0.2) is 4.92 Å². The first-order chi connectivity index (χ1) is 7.81. The van der Waals surface area contributed by atoms with Gasteiger partial charge in [-0.3, -0.25) is 10.1 Å². The van der Waals surface area contributed by atoms with Gasteiger partial charge in [0.25, 0.3) is 5.69 Å². The molecule has 1 aromatic rings. The molecule has 0 N–H and O–H groups in total.